The molecule has 4 rings (SSSR count). The van der Waals surface area contributed by atoms with Crippen molar-refractivity contribution in [3.8, 4) is 11.6 Å². The average molecular weight is 393 g/mol. The number of ether oxygens (including phenoxy) is 1. The van der Waals surface area contributed by atoms with E-state index < -0.39 is 0 Å². The molecule has 29 heavy (non-hydrogen) atoms. The number of pyridine rings is 1. The lowest BCUT2D eigenvalue weighted by Crippen LogP contribution is -2.40. The molecule has 1 saturated heterocycles. The number of aryl methyl sites for hydroxylation is 1. The highest BCUT2D eigenvalue weighted by Crippen LogP contribution is 2.25. The molecule has 150 valence electrons. The third kappa shape index (κ3) is 3.99. The summed E-state index contributed by atoms with van der Waals surface area (Å²) in [5, 5.41) is 0. The van der Waals surface area contributed by atoms with Gasteiger partial charge in [-0.2, -0.15) is 0 Å². The van der Waals surface area contributed by atoms with E-state index in [9.17, 15) is 9.59 Å². The van der Waals surface area contributed by atoms with Gasteiger partial charge in [0.2, 0.25) is 5.89 Å². The van der Waals surface area contributed by atoms with Crippen LogP contribution in [0.3, 0.4) is 0 Å². The number of hydrogen-bond acceptors (Lipinski definition) is 6. The van der Waals surface area contributed by atoms with Crippen LogP contribution in [-0.2, 0) is 9.53 Å². The van der Waals surface area contributed by atoms with Crippen LogP contribution in [0.4, 0.5) is 0 Å². The molecule has 0 unspecified atom stereocenters. The van der Waals surface area contributed by atoms with E-state index in [2.05, 4.69) is 9.97 Å². The highest BCUT2D eigenvalue weighted by molar-refractivity contribution is 5.97. The van der Waals surface area contributed by atoms with Crippen molar-refractivity contribution in [1.29, 1.82) is 0 Å². The quantitative estimate of drug-likeness (QED) is 0.630. The number of oxazole rings is 1. The third-order valence-corrected chi connectivity index (χ3v) is 5.14. The van der Waals surface area contributed by atoms with Gasteiger partial charge >= 0.3 is 5.97 Å². The highest BCUT2D eigenvalue weighted by Gasteiger charge is 2.28. The van der Waals surface area contributed by atoms with Crippen molar-refractivity contribution in [2.45, 2.75) is 26.7 Å². The molecule has 7 nitrogen and oxygen atoms in total. The summed E-state index contributed by atoms with van der Waals surface area (Å²) >= 11 is 0. The van der Waals surface area contributed by atoms with Gasteiger partial charge in [0.1, 0.15) is 11.2 Å². The van der Waals surface area contributed by atoms with Gasteiger partial charge in [-0.1, -0.05) is 6.07 Å². The Morgan fingerprint density at radius 1 is 1.17 bits per heavy atom. The number of benzene rings is 1. The van der Waals surface area contributed by atoms with Gasteiger partial charge in [-0.05, 0) is 57.0 Å². The Morgan fingerprint density at radius 2 is 1.97 bits per heavy atom. The van der Waals surface area contributed by atoms with E-state index in [0.29, 0.717) is 60.8 Å². The molecule has 1 aromatic carbocycles. The van der Waals surface area contributed by atoms with Gasteiger partial charge < -0.3 is 14.1 Å². The van der Waals surface area contributed by atoms with E-state index in [1.807, 2.05) is 25.1 Å². The van der Waals surface area contributed by atoms with Crippen LogP contribution in [-0.4, -0.2) is 46.4 Å². The van der Waals surface area contributed by atoms with Crippen LogP contribution in [0.25, 0.3) is 22.7 Å². The maximum absolute atomic E-state index is 12.9. The van der Waals surface area contributed by atoms with Crippen molar-refractivity contribution >= 4 is 23.0 Å². The summed E-state index contributed by atoms with van der Waals surface area (Å²) in [6, 6.07) is 10.9. The van der Waals surface area contributed by atoms with Crippen LogP contribution in [0.5, 0.6) is 0 Å². The second kappa shape index (κ2) is 8.03. The second-order valence-corrected chi connectivity index (χ2v) is 7.18. The molecule has 3 aromatic rings. The molecule has 1 fully saturated rings. The van der Waals surface area contributed by atoms with E-state index in [0.717, 1.165) is 5.69 Å². The van der Waals surface area contributed by atoms with Gasteiger partial charge in [-0.25, -0.2) is 9.97 Å². The first-order chi connectivity index (χ1) is 14.0. The molecule has 0 saturated carbocycles. The summed E-state index contributed by atoms with van der Waals surface area (Å²) in [7, 11) is 0. The van der Waals surface area contributed by atoms with Gasteiger partial charge in [0.05, 0.1) is 12.5 Å². The monoisotopic (exact) mass is 393 g/mol. The summed E-state index contributed by atoms with van der Waals surface area (Å²) in [6.07, 6.45) is 1.25. The fourth-order valence-corrected chi connectivity index (χ4v) is 3.59. The summed E-state index contributed by atoms with van der Waals surface area (Å²) in [4.78, 5) is 35.5. The molecule has 1 aliphatic heterocycles. The van der Waals surface area contributed by atoms with Crippen LogP contribution >= 0.6 is 0 Å². The molecule has 2 aromatic heterocycles. The lowest BCUT2D eigenvalue weighted by atomic mass is 9.96. The maximum Gasteiger partial charge on any atom is 0.309 e. The molecule has 0 bridgehead atoms. The van der Waals surface area contributed by atoms with Gasteiger partial charge in [0, 0.05) is 24.3 Å². The van der Waals surface area contributed by atoms with E-state index in [4.69, 9.17) is 9.15 Å². The first-order valence-corrected chi connectivity index (χ1v) is 9.85. The van der Waals surface area contributed by atoms with Crippen LogP contribution in [0.2, 0.25) is 0 Å². The number of esters is 1. The van der Waals surface area contributed by atoms with Gasteiger partial charge in [-0.15, -0.1) is 0 Å². The molecule has 3 heterocycles. The van der Waals surface area contributed by atoms with Crippen molar-refractivity contribution in [2.75, 3.05) is 19.7 Å². The van der Waals surface area contributed by atoms with Gasteiger partial charge in [-0.3, -0.25) is 9.59 Å². The number of hydrogen-bond donors (Lipinski definition) is 0. The standard InChI is InChI=1S/C22H23N3O4/c1-3-28-22(27)15-9-11-25(12-10-15)21(26)16-7-8-19-18(13-16)24-20(29-19)17-6-4-5-14(2)23-17/h4-8,13,15H,3,9-12H2,1-2H3. The topological polar surface area (TPSA) is 85.5 Å². The summed E-state index contributed by atoms with van der Waals surface area (Å²) in [5.74, 6) is 0.0818. The summed E-state index contributed by atoms with van der Waals surface area (Å²) < 4.78 is 10.9. The number of carbonyl (C=O) groups excluding carboxylic acids is 2. The molecule has 0 spiro atoms. The summed E-state index contributed by atoms with van der Waals surface area (Å²) in [6.45, 7) is 5.18. The van der Waals surface area contributed by atoms with Crippen LogP contribution < -0.4 is 0 Å². The molecule has 1 aliphatic rings. The molecular weight excluding hydrogens is 370 g/mol. The molecule has 7 heteroatoms. The number of fused-ring (bicyclic) bond motifs is 1. The number of nitrogens with zero attached hydrogens (tertiary/aromatic N) is 3. The van der Waals surface area contributed by atoms with E-state index in [1.165, 1.54) is 0 Å². The SMILES string of the molecule is CCOC(=O)C1CCN(C(=O)c2ccc3oc(-c4cccc(C)n4)nc3c2)CC1. The first kappa shape index (κ1) is 19.1. The number of aromatic nitrogens is 2. The van der Waals surface area contributed by atoms with Crippen LogP contribution in [0, 0.1) is 12.8 Å². The van der Waals surface area contributed by atoms with Crippen molar-refractivity contribution < 1.29 is 18.7 Å². The van der Waals surface area contributed by atoms with Crippen LogP contribution in [0.1, 0.15) is 35.8 Å². The summed E-state index contributed by atoms with van der Waals surface area (Å²) in [5.41, 5.74) is 3.34. The van der Waals surface area contributed by atoms with Crippen molar-refractivity contribution in [3.05, 3.63) is 47.7 Å². The zero-order valence-electron chi connectivity index (χ0n) is 16.6. The van der Waals surface area contributed by atoms with Crippen molar-refractivity contribution in [2.24, 2.45) is 5.92 Å². The molecule has 0 atom stereocenters. The fourth-order valence-electron chi connectivity index (χ4n) is 3.59. The lowest BCUT2D eigenvalue weighted by Gasteiger charge is -2.30. The minimum Gasteiger partial charge on any atom is -0.466 e. The number of amides is 1. The smallest absolute Gasteiger partial charge is 0.309 e. The Bertz CT molecular complexity index is 1050. The lowest BCUT2D eigenvalue weighted by molar-refractivity contribution is -0.149. The zero-order valence-corrected chi connectivity index (χ0v) is 16.6. The van der Waals surface area contributed by atoms with E-state index >= 15 is 0 Å². The number of piperidine rings is 1. The molecule has 0 aliphatic carbocycles. The van der Waals surface area contributed by atoms with Gasteiger partial charge in [0.25, 0.3) is 5.91 Å². The number of rotatable bonds is 4. The number of likely N-dealkylation sites (tertiary alicyclic amines) is 1. The average Bonchev–Trinajstić information content (AvgIpc) is 3.17. The zero-order chi connectivity index (χ0) is 20.4. The normalized spacial score (nSPS) is 14.9. The Morgan fingerprint density at radius 3 is 2.69 bits per heavy atom. The fraction of sp³-hybridized carbons (Fsp3) is 0.364. The Balaban J connectivity index is 1.49. The van der Waals surface area contributed by atoms with Crippen molar-refractivity contribution in [3.63, 3.8) is 0 Å². The van der Waals surface area contributed by atoms with Crippen molar-refractivity contribution in [1.82, 2.24) is 14.9 Å². The molecule has 0 N–H and O–H groups in total. The second-order valence-electron chi connectivity index (χ2n) is 7.18. The highest BCUT2D eigenvalue weighted by atomic mass is 16.5. The third-order valence-electron chi connectivity index (χ3n) is 5.14. The predicted molar refractivity (Wildman–Crippen MR) is 107 cm³/mol. The Hall–Kier alpha value is -3.22. The minimum absolute atomic E-state index is 0.0626. The molecule has 1 amide bonds. The first-order valence-electron chi connectivity index (χ1n) is 9.85. The predicted octanol–water partition coefficient (Wildman–Crippen LogP) is 3.61. The number of carbonyl (C=O) groups is 2. The maximum atomic E-state index is 12.9. The minimum atomic E-state index is -0.166. The molecular formula is C22H23N3O4. The van der Waals surface area contributed by atoms with Crippen LogP contribution in [0.15, 0.2) is 40.8 Å². The Kier molecular flexibility index (Phi) is 5.29. The Labute approximate surface area is 168 Å². The molecule has 0 radical (unpaired) electrons. The van der Waals surface area contributed by atoms with Gasteiger partial charge in [0.15, 0.2) is 5.58 Å². The van der Waals surface area contributed by atoms with E-state index in [1.54, 1.807) is 30.0 Å². The largest absolute Gasteiger partial charge is 0.466 e. The van der Waals surface area contributed by atoms with E-state index in [-0.39, 0.29) is 17.8 Å².